The van der Waals surface area contributed by atoms with Gasteiger partial charge >= 0.3 is 0 Å². The minimum Gasteiger partial charge on any atom is -0.305 e. The highest BCUT2D eigenvalue weighted by molar-refractivity contribution is 9.11. The first-order valence-corrected chi connectivity index (χ1v) is 7.60. The van der Waals surface area contributed by atoms with Crippen molar-refractivity contribution >= 4 is 31.9 Å². The predicted molar refractivity (Wildman–Crippen MR) is 81.5 cm³/mol. The van der Waals surface area contributed by atoms with Crippen molar-refractivity contribution < 1.29 is 8.78 Å². The molecule has 2 rings (SSSR count). The van der Waals surface area contributed by atoms with Gasteiger partial charge in [0.05, 0.1) is 11.7 Å². The highest BCUT2D eigenvalue weighted by Crippen LogP contribution is 2.29. The normalized spacial score (nSPS) is 12.4. The quantitative estimate of drug-likeness (QED) is 0.804. The van der Waals surface area contributed by atoms with Crippen LogP contribution in [-0.4, -0.2) is 11.5 Å². The standard InChI is InChI=1S/C14H12Br2F2N2/c1-2-19-13(8-3-10(17)6-11(18)4-8)14-12(16)5-9(15)7-20-14/h3-7,13,19H,2H2,1H3. The van der Waals surface area contributed by atoms with E-state index in [0.717, 1.165) is 15.0 Å². The van der Waals surface area contributed by atoms with Gasteiger partial charge in [-0.2, -0.15) is 0 Å². The van der Waals surface area contributed by atoms with Gasteiger partial charge in [-0.25, -0.2) is 8.78 Å². The van der Waals surface area contributed by atoms with E-state index in [1.54, 1.807) is 6.20 Å². The Morgan fingerprint density at radius 1 is 1.15 bits per heavy atom. The first-order chi connectivity index (χ1) is 9.51. The summed E-state index contributed by atoms with van der Waals surface area (Å²) in [5.74, 6) is -1.20. The average Bonchev–Trinajstić information content (AvgIpc) is 2.35. The van der Waals surface area contributed by atoms with Crippen LogP contribution < -0.4 is 5.32 Å². The Hall–Kier alpha value is -0.850. The van der Waals surface area contributed by atoms with E-state index >= 15 is 0 Å². The van der Waals surface area contributed by atoms with Gasteiger partial charge < -0.3 is 5.32 Å². The Morgan fingerprint density at radius 2 is 1.80 bits per heavy atom. The van der Waals surface area contributed by atoms with Crippen LogP contribution in [-0.2, 0) is 0 Å². The first kappa shape index (κ1) is 15.5. The van der Waals surface area contributed by atoms with Crippen molar-refractivity contribution in [3.63, 3.8) is 0 Å². The van der Waals surface area contributed by atoms with Gasteiger partial charge in [0.15, 0.2) is 0 Å². The maximum absolute atomic E-state index is 13.4. The number of benzene rings is 1. The Kier molecular flexibility index (Phi) is 5.23. The SMILES string of the molecule is CCNC(c1cc(F)cc(F)c1)c1ncc(Br)cc1Br. The summed E-state index contributed by atoms with van der Waals surface area (Å²) < 4.78 is 28.4. The lowest BCUT2D eigenvalue weighted by Crippen LogP contribution is -2.23. The molecule has 0 bridgehead atoms. The number of pyridine rings is 1. The molecule has 106 valence electrons. The van der Waals surface area contributed by atoms with E-state index in [-0.39, 0.29) is 6.04 Å². The molecule has 1 N–H and O–H groups in total. The molecule has 0 fully saturated rings. The number of nitrogens with zero attached hydrogens (tertiary/aromatic N) is 1. The van der Waals surface area contributed by atoms with Gasteiger partial charge in [-0.1, -0.05) is 6.92 Å². The molecule has 1 atom stereocenters. The molecule has 0 aliphatic carbocycles. The zero-order valence-corrected chi connectivity index (χ0v) is 13.8. The molecule has 0 saturated heterocycles. The fraction of sp³-hybridized carbons (Fsp3) is 0.214. The summed E-state index contributed by atoms with van der Waals surface area (Å²) in [5, 5.41) is 3.19. The lowest BCUT2D eigenvalue weighted by atomic mass is 10.0. The van der Waals surface area contributed by atoms with Crippen LogP contribution in [0.25, 0.3) is 0 Å². The summed E-state index contributed by atoms with van der Waals surface area (Å²) in [7, 11) is 0. The van der Waals surface area contributed by atoms with Crippen LogP contribution in [0.3, 0.4) is 0 Å². The highest BCUT2D eigenvalue weighted by atomic mass is 79.9. The topological polar surface area (TPSA) is 24.9 Å². The third kappa shape index (κ3) is 3.62. The molecule has 2 aromatic rings. The number of rotatable bonds is 4. The van der Waals surface area contributed by atoms with Gasteiger partial charge in [0.1, 0.15) is 11.6 Å². The van der Waals surface area contributed by atoms with E-state index in [9.17, 15) is 8.78 Å². The largest absolute Gasteiger partial charge is 0.305 e. The van der Waals surface area contributed by atoms with Crippen molar-refractivity contribution in [3.05, 3.63) is 62.3 Å². The zero-order chi connectivity index (χ0) is 14.7. The molecular formula is C14H12Br2F2N2. The lowest BCUT2D eigenvalue weighted by molar-refractivity contribution is 0.561. The van der Waals surface area contributed by atoms with Crippen LogP contribution in [0.15, 0.2) is 39.4 Å². The summed E-state index contributed by atoms with van der Waals surface area (Å²) >= 11 is 6.76. The lowest BCUT2D eigenvalue weighted by Gasteiger charge is -2.19. The van der Waals surface area contributed by atoms with Gasteiger partial charge in [0.25, 0.3) is 0 Å². The fourth-order valence-corrected chi connectivity index (χ4v) is 3.17. The van der Waals surface area contributed by atoms with Gasteiger partial charge in [0, 0.05) is 21.2 Å². The number of aromatic nitrogens is 1. The monoisotopic (exact) mass is 404 g/mol. The average molecular weight is 406 g/mol. The third-order valence-corrected chi connectivity index (χ3v) is 3.81. The van der Waals surface area contributed by atoms with Crippen molar-refractivity contribution in [1.82, 2.24) is 10.3 Å². The van der Waals surface area contributed by atoms with E-state index in [1.807, 2.05) is 13.0 Å². The Morgan fingerprint density at radius 3 is 2.35 bits per heavy atom. The van der Waals surface area contributed by atoms with Gasteiger partial charge in [0.2, 0.25) is 0 Å². The molecule has 1 aromatic carbocycles. The molecule has 20 heavy (non-hydrogen) atoms. The predicted octanol–water partition coefficient (Wildman–Crippen LogP) is 4.58. The molecule has 0 spiro atoms. The van der Waals surface area contributed by atoms with Gasteiger partial charge in [-0.05, 0) is 62.2 Å². The van der Waals surface area contributed by atoms with E-state index in [2.05, 4.69) is 42.2 Å². The van der Waals surface area contributed by atoms with Crippen LogP contribution in [0.5, 0.6) is 0 Å². The van der Waals surface area contributed by atoms with Crippen molar-refractivity contribution in [2.45, 2.75) is 13.0 Å². The summed E-state index contributed by atoms with van der Waals surface area (Å²) in [5.41, 5.74) is 1.18. The molecule has 2 nitrogen and oxygen atoms in total. The first-order valence-electron chi connectivity index (χ1n) is 6.01. The molecule has 6 heteroatoms. The minimum absolute atomic E-state index is 0.382. The molecule has 0 saturated carbocycles. The van der Waals surface area contributed by atoms with E-state index in [0.29, 0.717) is 17.8 Å². The molecule has 1 aromatic heterocycles. The third-order valence-electron chi connectivity index (χ3n) is 2.74. The Bertz CT molecular complexity index is 600. The second-order valence-corrected chi connectivity index (χ2v) is 5.98. The highest BCUT2D eigenvalue weighted by Gasteiger charge is 2.19. The second kappa shape index (κ2) is 6.74. The summed E-state index contributed by atoms with van der Waals surface area (Å²) in [4.78, 5) is 4.33. The molecule has 0 radical (unpaired) electrons. The van der Waals surface area contributed by atoms with Crippen LogP contribution in [0.2, 0.25) is 0 Å². The maximum Gasteiger partial charge on any atom is 0.126 e. The van der Waals surface area contributed by atoms with Crippen LogP contribution in [0, 0.1) is 11.6 Å². The van der Waals surface area contributed by atoms with Crippen LogP contribution in [0.1, 0.15) is 24.2 Å². The van der Waals surface area contributed by atoms with Gasteiger partial charge in [-0.15, -0.1) is 0 Å². The van der Waals surface area contributed by atoms with E-state index in [1.165, 1.54) is 12.1 Å². The van der Waals surface area contributed by atoms with Crippen molar-refractivity contribution in [3.8, 4) is 0 Å². The van der Waals surface area contributed by atoms with Crippen molar-refractivity contribution in [1.29, 1.82) is 0 Å². The maximum atomic E-state index is 13.4. The van der Waals surface area contributed by atoms with Crippen molar-refractivity contribution in [2.24, 2.45) is 0 Å². The number of halogens is 4. The molecule has 0 amide bonds. The van der Waals surface area contributed by atoms with Crippen LogP contribution in [0.4, 0.5) is 8.78 Å². The molecule has 1 unspecified atom stereocenters. The van der Waals surface area contributed by atoms with Gasteiger partial charge in [-0.3, -0.25) is 4.98 Å². The fourth-order valence-electron chi connectivity index (χ4n) is 1.96. The Balaban J connectivity index is 2.49. The van der Waals surface area contributed by atoms with Crippen molar-refractivity contribution in [2.75, 3.05) is 6.54 Å². The van der Waals surface area contributed by atoms with E-state index < -0.39 is 11.6 Å². The second-order valence-electron chi connectivity index (χ2n) is 4.21. The molecule has 1 heterocycles. The number of nitrogens with one attached hydrogen (secondary N) is 1. The molecule has 0 aliphatic heterocycles. The minimum atomic E-state index is -0.601. The smallest absolute Gasteiger partial charge is 0.126 e. The number of hydrogen-bond acceptors (Lipinski definition) is 2. The molecular weight excluding hydrogens is 394 g/mol. The molecule has 0 aliphatic rings. The van der Waals surface area contributed by atoms with Crippen LogP contribution >= 0.6 is 31.9 Å². The summed E-state index contributed by atoms with van der Waals surface area (Å²) in [6.45, 7) is 2.57. The summed E-state index contributed by atoms with van der Waals surface area (Å²) in [6, 6.07) is 4.95. The zero-order valence-electron chi connectivity index (χ0n) is 10.6. The Labute approximate surface area is 132 Å². The summed E-state index contributed by atoms with van der Waals surface area (Å²) in [6.07, 6.45) is 1.65. The van der Waals surface area contributed by atoms with E-state index in [4.69, 9.17) is 0 Å². The number of hydrogen-bond donors (Lipinski definition) is 1.